The Balaban J connectivity index is 1.76. The molecule has 8 heteroatoms. The molecule has 0 aromatic heterocycles. The molecule has 1 aliphatic rings. The van der Waals surface area contributed by atoms with E-state index >= 15 is 0 Å². The molecule has 2 aromatic rings. The van der Waals surface area contributed by atoms with Crippen molar-refractivity contribution in [3.05, 3.63) is 71.3 Å². The molecule has 2 unspecified atom stereocenters. The van der Waals surface area contributed by atoms with Gasteiger partial charge < -0.3 is 10.6 Å². The van der Waals surface area contributed by atoms with Crippen molar-refractivity contribution in [3.63, 3.8) is 0 Å². The van der Waals surface area contributed by atoms with Gasteiger partial charge >= 0.3 is 6.03 Å². The minimum atomic E-state index is -1.73. The van der Waals surface area contributed by atoms with E-state index in [9.17, 15) is 23.2 Å². The number of amides is 4. The number of hydrogen-bond donors (Lipinski definition) is 2. The van der Waals surface area contributed by atoms with E-state index in [0.29, 0.717) is 18.4 Å². The normalized spacial score (nSPS) is 19.5. The minimum Gasteiger partial charge on any atom is -0.348 e. The van der Waals surface area contributed by atoms with E-state index in [4.69, 9.17) is 0 Å². The van der Waals surface area contributed by atoms with Gasteiger partial charge in [-0.3, -0.25) is 14.5 Å². The largest absolute Gasteiger partial charge is 0.348 e. The molecule has 1 aliphatic heterocycles. The highest BCUT2D eigenvalue weighted by Gasteiger charge is 2.50. The number of urea groups is 1. The Kier molecular flexibility index (Phi) is 6.38. The van der Waals surface area contributed by atoms with Gasteiger partial charge in [-0.05, 0) is 30.9 Å². The van der Waals surface area contributed by atoms with Crippen LogP contribution >= 0.6 is 0 Å². The van der Waals surface area contributed by atoms with Crippen LogP contribution in [0.2, 0.25) is 0 Å². The van der Waals surface area contributed by atoms with Crippen molar-refractivity contribution in [1.29, 1.82) is 0 Å². The van der Waals surface area contributed by atoms with Crippen LogP contribution in [0.15, 0.2) is 48.5 Å². The van der Waals surface area contributed by atoms with Crippen LogP contribution < -0.4 is 10.6 Å². The second kappa shape index (κ2) is 8.83. The second-order valence-electron chi connectivity index (χ2n) is 8.23. The predicted molar refractivity (Wildman–Crippen MR) is 111 cm³/mol. The van der Waals surface area contributed by atoms with Gasteiger partial charge in [0, 0.05) is 11.6 Å². The van der Waals surface area contributed by atoms with E-state index in [2.05, 4.69) is 10.6 Å². The Morgan fingerprint density at radius 2 is 1.81 bits per heavy atom. The summed E-state index contributed by atoms with van der Waals surface area (Å²) < 4.78 is 27.5. The summed E-state index contributed by atoms with van der Waals surface area (Å²) in [6.07, 6.45) is 0.675. The SMILES string of the molecule is CC(C)CC(NC(=O)CN1C(=O)NC(C)(c2ccc(F)cc2F)C1=O)c1ccccc1. The van der Waals surface area contributed by atoms with Crippen molar-refractivity contribution in [2.24, 2.45) is 5.92 Å². The summed E-state index contributed by atoms with van der Waals surface area (Å²) in [5, 5.41) is 5.31. The number of imide groups is 1. The number of rotatable bonds is 7. The van der Waals surface area contributed by atoms with Crippen molar-refractivity contribution >= 4 is 17.8 Å². The quantitative estimate of drug-likeness (QED) is 0.660. The smallest absolute Gasteiger partial charge is 0.325 e. The molecular weight excluding hydrogens is 404 g/mol. The zero-order chi connectivity index (χ0) is 22.8. The molecule has 3 rings (SSSR count). The lowest BCUT2D eigenvalue weighted by Gasteiger charge is -2.24. The van der Waals surface area contributed by atoms with Gasteiger partial charge in [-0.15, -0.1) is 0 Å². The van der Waals surface area contributed by atoms with Crippen molar-refractivity contribution in [2.75, 3.05) is 6.54 Å². The Bertz CT molecular complexity index is 997. The molecule has 1 fully saturated rings. The molecule has 0 bridgehead atoms. The van der Waals surface area contributed by atoms with Crippen LogP contribution in [-0.4, -0.2) is 29.3 Å². The summed E-state index contributed by atoms with van der Waals surface area (Å²) in [5.74, 6) is -2.74. The van der Waals surface area contributed by atoms with Crippen LogP contribution in [0.5, 0.6) is 0 Å². The lowest BCUT2D eigenvalue weighted by Crippen LogP contribution is -2.44. The first kappa shape index (κ1) is 22.4. The third-order valence-electron chi connectivity index (χ3n) is 5.29. The fourth-order valence-electron chi connectivity index (χ4n) is 3.74. The first-order chi connectivity index (χ1) is 14.6. The molecule has 0 spiro atoms. The van der Waals surface area contributed by atoms with E-state index in [1.54, 1.807) is 0 Å². The van der Waals surface area contributed by atoms with Gasteiger partial charge in [-0.2, -0.15) is 0 Å². The summed E-state index contributed by atoms with van der Waals surface area (Å²) in [6.45, 7) is 4.88. The van der Waals surface area contributed by atoms with E-state index in [-0.39, 0.29) is 11.6 Å². The third kappa shape index (κ3) is 4.73. The van der Waals surface area contributed by atoms with Gasteiger partial charge in [0.2, 0.25) is 5.91 Å². The van der Waals surface area contributed by atoms with Gasteiger partial charge in [0.15, 0.2) is 0 Å². The van der Waals surface area contributed by atoms with E-state index in [1.807, 2.05) is 44.2 Å². The predicted octanol–water partition coefficient (Wildman–Crippen LogP) is 3.64. The molecule has 0 aliphatic carbocycles. The minimum absolute atomic E-state index is 0.169. The molecule has 1 heterocycles. The maximum Gasteiger partial charge on any atom is 0.325 e. The summed E-state index contributed by atoms with van der Waals surface area (Å²) in [5.41, 5.74) is -0.983. The van der Waals surface area contributed by atoms with Crippen molar-refractivity contribution < 1.29 is 23.2 Å². The number of carbonyl (C=O) groups excluding carboxylic acids is 3. The molecular formula is C23H25F2N3O3. The summed E-state index contributed by atoms with van der Waals surface area (Å²) >= 11 is 0. The monoisotopic (exact) mass is 429 g/mol. The molecule has 0 radical (unpaired) electrons. The maximum atomic E-state index is 14.3. The number of nitrogens with one attached hydrogen (secondary N) is 2. The maximum absolute atomic E-state index is 14.3. The van der Waals surface area contributed by atoms with Crippen LogP contribution in [-0.2, 0) is 15.1 Å². The Hall–Kier alpha value is -3.29. The van der Waals surface area contributed by atoms with E-state index in [0.717, 1.165) is 22.6 Å². The highest BCUT2D eigenvalue weighted by Crippen LogP contribution is 2.31. The molecule has 164 valence electrons. The lowest BCUT2D eigenvalue weighted by atomic mass is 9.91. The first-order valence-corrected chi connectivity index (χ1v) is 10.1. The van der Waals surface area contributed by atoms with Crippen LogP contribution in [0, 0.1) is 17.6 Å². The zero-order valence-corrected chi connectivity index (χ0v) is 17.6. The van der Waals surface area contributed by atoms with Crippen molar-refractivity contribution in [2.45, 2.75) is 38.8 Å². The topological polar surface area (TPSA) is 78.5 Å². The van der Waals surface area contributed by atoms with Gasteiger partial charge in [-0.25, -0.2) is 13.6 Å². The average Bonchev–Trinajstić information content (AvgIpc) is 2.91. The number of hydrogen-bond acceptors (Lipinski definition) is 3. The molecule has 0 saturated carbocycles. The number of benzene rings is 2. The Labute approximate surface area is 179 Å². The van der Waals surface area contributed by atoms with Gasteiger partial charge in [0.05, 0.1) is 6.04 Å². The molecule has 2 aromatic carbocycles. The van der Waals surface area contributed by atoms with Gasteiger partial charge in [0.1, 0.15) is 23.7 Å². The average molecular weight is 429 g/mol. The molecule has 1 saturated heterocycles. The van der Waals surface area contributed by atoms with Crippen LogP contribution in [0.4, 0.5) is 13.6 Å². The van der Waals surface area contributed by atoms with Crippen LogP contribution in [0.25, 0.3) is 0 Å². The van der Waals surface area contributed by atoms with E-state index in [1.165, 1.54) is 6.92 Å². The fraction of sp³-hybridized carbons (Fsp3) is 0.348. The Morgan fingerprint density at radius 1 is 1.13 bits per heavy atom. The van der Waals surface area contributed by atoms with E-state index < -0.39 is 41.6 Å². The standard InChI is InChI=1S/C23H25F2N3O3/c1-14(2)11-19(15-7-5-4-6-8-15)26-20(29)13-28-21(30)23(3,27-22(28)31)17-10-9-16(24)12-18(17)25/h4-10,12,14,19H,11,13H2,1-3H3,(H,26,29)(H,27,31). The number of carbonyl (C=O) groups is 3. The zero-order valence-electron chi connectivity index (χ0n) is 17.6. The number of halogens is 2. The molecule has 2 atom stereocenters. The lowest BCUT2D eigenvalue weighted by molar-refractivity contribution is -0.135. The summed E-state index contributed by atoms with van der Waals surface area (Å²) in [4.78, 5) is 38.8. The number of nitrogens with zero attached hydrogens (tertiary/aromatic N) is 1. The summed E-state index contributed by atoms with van der Waals surface area (Å²) in [7, 11) is 0. The molecule has 31 heavy (non-hydrogen) atoms. The van der Waals surface area contributed by atoms with Crippen LogP contribution in [0.1, 0.15) is 44.4 Å². The third-order valence-corrected chi connectivity index (χ3v) is 5.29. The van der Waals surface area contributed by atoms with Crippen LogP contribution in [0.3, 0.4) is 0 Å². The molecule has 4 amide bonds. The van der Waals surface area contributed by atoms with Gasteiger partial charge in [0.25, 0.3) is 5.91 Å². The van der Waals surface area contributed by atoms with Gasteiger partial charge in [-0.1, -0.05) is 50.2 Å². The fourth-order valence-corrected chi connectivity index (χ4v) is 3.74. The Morgan fingerprint density at radius 3 is 2.42 bits per heavy atom. The highest BCUT2D eigenvalue weighted by atomic mass is 19.1. The summed E-state index contributed by atoms with van der Waals surface area (Å²) in [6, 6.07) is 11.1. The first-order valence-electron chi connectivity index (χ1n) is 10.1. The van der Waals surface area contributed by atoms with Crippen molar-refractivity contribution in [1.82, 2.24) is 15.5 Å². The van der Waals surface area contributed by atoms with Crippen molar-refractivity contribution in [3.8, 4) is 0 Å². The molecule has 2 N–H and O–H groups in total. The highest BCUT2D eigenvalue weighted by molar-refractivity contribution is 6.09. The second-order valence-corrected chi connectivity index (χ2v) is 8.23. The molecule has 6 nitrogen and oxygen atoms in total.